The Bertz CT molecular complexity index is 187. The second kappa shape index (κ2) is 13.9. The Labute approximate surface area is 123 Å². The molecule has 6 nitrogen and oxygen atoms in total. The van der Waals surface area contributed by atoms with Crippen molar-refractivity contribution in [2.75, 3.05) is 0 Å². The Morgan fingerprint density at radius 2 is 1.41 bits per heavy atom. The number of aliphatic carboxylic acids is 2. The predicted molar refractivity (Wildman–Crippen MR) is 54.5 cm³/mol. The van der Waals surface area contributed by atoms with Gasteiger partial charge in [-0.15, -0.1) is 0 Å². The zero-order valence-electron chi connectivity index (χ0n) is 10.5. The van der Waals surface area contributed by atoms with Crippen molar-refractivity contribution in [3.63, 3.8) is 0 Å². The molecular weight excluding hydrogens is 239 g/mol. The molecule has 2 atom stereocenters. The molecule has 2 unspecified atom stereocenters. The average Bonchev–Trinajstić information content (AvgIpc) is 2.16. The number of carboxylic acids is 2. The molecule has 0 amide bonds. The van der Waals surface area contributed by atoms with Gasteiger partial charge in [0.2, 0.25) is 0 Å². The minimum absolute atomic E-state index is 0. The molecule has 0 radical (unpaired) electrons. The molecule has 0 fully saturated rings. The van der Waals surface area contributed by atoms with E-state index in [0.29, 0.717) is 12.8 Å². The molecule has 3 N–H and O–H groups in total. The monoisotopic (exact) mass is 258 g/mol. The van der Waals surface area contributed by atoms with Crippen LogP contribution in [0.25, 0.3) is 0 Å². The third-order valence-electron chi connectivity index (χ3n) is 1.76. The molecule has 0 spiro atoms. The summed E-state index contributed by atoms with van der Waals surface area (Å²) in [5.41, 5.74) is 0. The van der Waals surface area contributed by atoms with E-state index in [1.54, 1.807) is 13.8 Å². The standard InChI is InChI=1S/2C5H10O3.Na/c2*1-2-4(6)3-5(7)8;/h2*4,6H,2-3H2,1H3,(H,7,8);/q;;+1/p-1. The van der Waals surface area contributed by atoms with Crippen LogP contribution in [0.1, 0.15) is 39.5 Å². The summed E-state index contributed by atoms with van der Waals surface area (Å²) < 4.78 is 0. The molecule has 17 heavy (non-hydrogen) atoms. The van der Waals surface area contributed by atoms with Gasteiger partial charge in [0.05, 0.1) is 18.6 Å². The average molecular weight is 258 g/mol. The maximum atomic E-state index is 9.81. The van der Waals surface area contributed by atoms with Crippen molar-refractivity contribution in [3.8, 4) is 0 Å². The molecule has 0 aromatic carbocycles. The molecule has 0 saturated heterocycles. The second-order valence-electron chi connectivity index (χ2n) is 3.30. The van der Waals surface area contributed by atoms with Crippen LogP contribution in [0.3, 0.4) is 0 Å². The first-order valence-corrected chi connectivity index (χ1v) is 5.11. The number of hydrogen-bond acceptors (Lipinski definition) is 5. The minimum atomic E-state index is -1.20. The van der Waals surface area contributed by atoms with Gasteiger partial charge in [-0.2, -0.15) is 0 Å². The second-order valence-corrected chi connectivity index (χ2v) is 3.30. The molecular formula is C10H19NaO6. The van der Waals surface area contributed by atoms with E-state index in [0.717, 1.165) is 0 Å². The van der Waals surface area contributed by atoms with Gasteiger partial charge in [-0.1, -0.05) is 13.8 Å². The van der Waals surface area contributed by atoms with Crippen molar-refractivity contribution in [1.82, 2.24) is 0 Å². The van der Waals surface area contributed by atoms with Crippen LogP contribution in [0.15, 0.2) is 0 Å². The van der Waals surface area contributed by atoms with Crippen LogP contribution in [0.2, 0.25) is 0 Å². The predicted octanol–water partition coefficient (Wildman–Crippen LogP) is -3.87. The summed E-state index contributed by atoms with van der Waals surface area (Å²) in [5, 5.41) is 35.0. The molecule has 7 heteroatoms. The van der Waals surface area contributed by atoms with Gasteiger partial charge in [-0.3, -0.25) is 4.79 Å². The van der Waals surface area contributed by atoms with Gasteiger partial charge < -0.3 is 25.2 Å². The molecule has 96 valence electrons. The molecule has 0 aliphatic heterocycles. The number of carbonyl (C=O) groups excluding carboxylic acids is 1. The topological polar surface area (TPSA) is 118 Å². The van der Waals surface area contributed by atoms with Crippen LogP contribution < -0.4 is 34.7 Å². The van der Waals surface area contributed by atoms with Gasteiger partial charge in [0.25, 0.3) is 0 Å². The summed E-state index contributed by atoms with van der Waals surface area (Å²) in [4.78, 5) is 19.5. The van der Waals surface area contributed by atoms with Gasteiger partial charge >= 0.3 is 35.5 Å². The van der Waals surface area contributed by atoms with Crippen LogP contribution in [-0.4, -0.2) is 39.5 Å². The minimum Gasteiger partial charge on any atom is -0.550 e. The van der Waals surface area contributed by atoms with Crippen molar-refractivity contribution < 1.29 is 59.6 Å². The molecule has 0 aromatic heterocycles. The zero-order valence-corrected chi connectivity index (χ0v) is 12.5. The molecule has 0 aromatic rings. The number of rotatable bonds is 6. The summed E-state index contributed by atoms with van der Waals surface area (Å²) in [7, 11) is 0. The van der Waals surface area contributed by atoms with E-state index < -0.39 is 24.1 Å². The van der Waals surface area contributed by atoms with E-state index in [-0.39, 0.29) is 42.4 Å². The van der Waals surface area contributed by atoms with E-state index in [1.807, 2.05) is 0 Å². The van der Waals surface area contributed by atoms with Crippen LogP contribution in [0.4, 0.5) is 0 Å². The number of carboxylic acid groups (broad SMARTS) is 2. The number of aliphatic hydroxyl groups is 2. The van der Waals surface area contributed by atoms with Gasteiger partial charge in [-0.05, 0) is 12.8 Å². The first-order chi connectivity index (χ1) is 7.33. The SMILES string of the molecule is CCC(O)CC(=O)O.CCC(O)CC(=O)[O-].[Na+]. The molecule has 0 bridgehead atoms. The third kappa shape index (κ3) is 21.7. The third-order valence-corrected chi connectivity index (χ3v) is 1.76. The van der Waals surface area contributed by atoms with Crippen molar-refractivity contribution in [2.24, 2.45) is 0 Å². The van der Waals surface area contributed by atoms with Crippen LogP contribution in [0, 0.1) is 0 Å². The summed E-state index contributed by atoms with van der Waals surface area (Å²) in [5.74, 6) is -2.14. The molecule has 0 aliphatic carbocycles. The summed E-state index contributed by atoms with van der Waals surface area (Å²) in [6, 6.07) is 0. The number of hydrogen-bond donors (Lipinski definition) is 3. The van der Waals surface area contributed by atoms with Crippen LogP contribution in [-0.2, 0) is 9.59 Å². The zero-order chi connectivity index (χ0) is 13.1. The van der Waals surface area contributed by atoms with Crippen molar-refractivity contribution in [1.29, 1.82) is 0 Å². The molecule has 0 saturated carbocycles. The van der Waals surface area contributed by atoms with E-state index in [9.17, 15) is 14.7 Å². The van der Waals surface area contributed by atoms with E-state index in [1.165, 1.54) is 0 Å². The van der Waals surface area contributed by atoms with E-state index in [2.05, 4.69) is 0 Å². The van der Waals surface area contributed by atoms with Crippen LogP contribution in [0.5, 0.6) is 0 Å². The molecule has 0 rings (SSSR count). The first-order valence-electron chi connectivity index (χ1n) is 5.11. The largest absolute Gasteiger partial charge is 1.00 e. The Balaban J connectivity index is -0.000000218. The Hall–Kier alpha value is -0.140. The Morgan fingerprint density at radius 3 is 1.53 bits per heavy atom. The maximum absolute atomic E-state index is 9.81. The quantitative estimate of drug-likeness (QED) is 0.420. The fraction of sp³-hybridized carbons (Fsp3) is 0.800. The van der Waals surface area contributed by atoms with Crippen molar-refractivity contribution in [3.05, 3.63) is 0 Å². The Morgan fingerprint density at radius 1 is 1.06 bits per heavy atom. The maximum Gasteiger partial charge on any atom is 1.00 e. The summed E-state index contributed by atoms with van der Waals surface area (Å²) in [6.45, 7) is 3.46. The van der Waals surface area contributed by atoms with Crippen molar-refractivity contribution >= 4 is 11.9 Å². The summed E-state index contributed by atoms with van der Waals surface area (Å²) in [6.07, 6.45) is -0.833. The van der Waals surface area contributed by atoms with E-state index in [4.69, 9.17) is 15.3 Å². The first kappa shape index (κ1) is 22.1. The fourth-order valence-electron chi connectivity index (χ4n) is 0.683. The Kier molecular flexibility index (Phi) is 18.1. The molecule has 0 aliphatic rings. The summed E-state index contributed by atoms with van der Waals surface area (Å²) >= 11 is 0. The number of aliphatic hydroxyl groups excluding tert-OH is 2. The smallest absolute Gasteiger partial charge is 0.550 e. The van der Waals surface area contributed by atoms with Gasteiger partial charge in [0.1, 0.15) is 0 Å². The molecule has 0 heterocycles. The number of carbonyl (C=O) groups is 2. The van der Waals surface area contributed by atoms with E-state index >= 15 is 0 Å². The normalized spacial score (nSPS) is 12.5. The van der Waals surface area contributed by atoms with Gasteiger partial charge in [0.15, 0.2) is 0 Å². The van der Waals surface area contributed by atoms with Gasteiger partial charge in [-0.25, -0.2) is 0 Å². The van der Waals surface area contributed by atoms with Crippen molar-refractivity contribution in [2.45, 2.75) is 51.7 Å². The van der Waals surface area contributed by atoms with Gasteiger partial charge in [0, 0.05) is 12.4 Å². The van der Waals surface area contributed by atoms with Crippen LogP contribution >= 0.6 is 0 Å². The fourth-order valence-corrected chi connectivity index (χ4v) is 0.683.